The van der Waals surface area contributed by atoms with Crippen LogP contribution >= 0.6 is 27.5 Å². The first-order chi connectivity index (χ1) is 14.1. The van der Waals surface area contributed by atoms with Crippen LogP contribution in [0.1, 0.15) is 11.1 Å². The number of benzene rings is 3. The van der Waals surface area contributed by atoms with Gasteiger partial charge in [-0.15, -0.1) is 0 Å². The predicted molar refractivity (Wildman–Crippen MR) is 121 cm³/mol. The minimum Gasteiger partial charge on any atom is -0.488 e. The lowest BCUT2D eigenvalue weighted by molar-refractivity contribution is -0.119. The molecule has 0 bridgehead atoms. The number of nitrogens with zero attached hydrogens (tertiary/aromatic N) is 1. The Morgan fingerprint density at radius 2 is 1.86 bits per heavy atom. The van der Waals surface area contributed by atoms with Crippen LogP contribution in [0.5, 0.6) is 5.75 Å². The van der Waals surface area contributed by atoms with Crippen LogP contribution in [0.25, 0.3) is 0 Å². The van der Waals surface area contributed by atoms with Gasteiger partial charge in [-0.05, 0) is 48.0 Å². The number of para-hydroxylation sites is 1. The van der Waals surface area contributed by atoms with E-state index in [2.05, 4.69) is 31.8 Å². The summed E-state index contributed by atoms with van der Waals surface area (Å²) in [7, 11) is 0. The molecule has 0 heterocycles. The van der Waals surface area contributed by atoms with Gasteiger partial charge in [0.1, 0.15) is 12.4 Å². The van der Waals surface area contributed by atoms with Gasteiger partial charge in [-0.2, -0.15) is 5.10 Å². The number of halogens is 2. The van der Waals surface area contributed by atoms with Crippen LogP contribution in [-0.4, -0.2) is 18.7 Å². The summed E-state index contributed by atoms with van der Waals surface area (Å²) in [6.07, 6.45) is 1.56. The highest BCUT2D eigenvalue weighted by Crippen LogP contribution is 2.18. The summed E-state index contributed by atoms with van der Waals surface area (Å²) < 4.78 is 6.92. The summed E-state index contributed by atoms with van der Waals surface area (Å²) in [5.41, 5.74) is 5.09. The molecule has 0 aliphatic carbocycles. The lowest BCUT2D eigenvalue weighted by Crippen LogP contribution is -2.25. The van der Waals surface area contributed by atoms with E-state index in [0.29, 0.717) is 17.4 Å². The quantitative estimate of drug-likeness (QED) is 0.348. The predicted octanol–water partition coefficient (Wildman–Crippen LogP) is 5.24. The molecule has 0 saturated carbocycles. The third kappa shape index (κ3) is 6.93. The first-order valence-corrected chi connectivity index (χ1v) is 10.0. The molecule has 29 heavy (non-hydrogen) atoms. The van der Waals surface area contributed by atoms with Crippen molar-refractivity contribution in [3.05, 3.63) is 93.4 Å². The fraction of sp³-hybridized carbons (Fsp3) is 0.0909. The summed E-state index contributed by atoms with van der Waals surface area (Å²) in [4.78, 5) is 12.0. The minimum atomic E-state index is -0.269. The number of hydrogen-bond acceptors (Lipinski definition) is 4. The molecule has 3 aromatic carbocycles. The lowest BCUT2D eigenvalue weighted by atomic mass is 10.2. The van der Waals surface area contributed by atoms with Gasteiger partial charge in [0.2, 0.25) is 0 Å². The summed E-state index contributed by atoms with van der Waals surface area (Å²) in [5.74, 6) is 0.417. The molecular weight excluding hydrogens is 454 g/mol. The Balaban J connectivity index is 1.52. The molecule has 148 valence electrons. The molecule has 0 fully saturated rings. The highest BCUT2D eigenvalue weighted by atomic mass is 79.9. The maximum absolute atomic E-state index is 12.0. The van der Waals surface area contributed by atoms with E-state index >= 15 is 0 Å². The Kier molecular flexibility index (Phi) is 7.67. The van der Waals surface area contributed by atoms with Gasteiger partial charge in [0.15, 0.2) is 0 Å². The number of rotatable bonds is 8. The van der Waals surface area contributed by atoms with Crippen molar-refractivity contribution in [2.45, 2.75) is 6.61 Å². The summed E-state index contributed by atoms with van der Waals surface area (Å²) >= 11 is 9.34. The molecular formula is C22H19BrClN3O2. The van der Waals surface area contributed by atoms with Crippen molar-refractivity contribution >= 4 is 45.3 Å². The third-order valence-corrected chi connectivity index (χ3v) is 4.66. The van der Waals surface area contributed by atoms with E-state index in [0.717, 1.165) is 21.3 Å². The molecule has 0 spiro atoms. The number of carbonyl (C=O) groups excluding carboxylic acids is 1. The Morgan fingerprint density at radius 1 is 1.07 bits per heavy atom. The molecule has 3 aromatic rings. The standard InChI is InChI=1S/C22H19BrClN3O2/c23-18-10-8-16(9-11-18)15-29-21-7-2-1-4-17(21)13-26-27-22(28)14-25-20-6-3-5-19(24)12-20/h1-13,25H,14-15H2,(H,27,28). The molecule has 2 N–H and O–H groups in total. The number of nitrogens with one attached hydrogen (secondary N) is 2. The molecule has 0 aromatic heterocycles. The second kappa shape index (κ2) is 10.6. The molecule has 1 amide bonds. The molecule has 0 aliphatic rings. The van der Waals surface area contributed by atoms with Crippen LogP contribution in [0.2, 0.25) is 5.02 Å². The molecule has 0 aliphatic heterocycles. The smallest absolute Gasteiger partial charge is 0.259 e. The van der Waals surface area contributed by atoms with Crippen LogP contribution < -0.4 is 15.5 Å². The van der Waals surface area contributed by atoms with E-state index in [9.17, 15) is 4.79 Å². The fourth-order valence-electron chi connectivity index (χ4n) is 2.45. The zero-order chi connectivity index (χ0) is 20.5. The summed E-state index contributed by atoms with van der Waals surface area (Å²) in [6, 6.07) is 22.6. The molecule has 7 heteroatoms. The maximum Gasteiger partial charge on any atom is 0.259 e. The Hall–Kier alpha value is -2.83. The van der Waals surface area contributed by atoms with Crippen LogP contribution in [0.3, 0.4) is 0 Å². The lowest BCUT2D eigenvalue weighted by Gasteiger charge is -2.09. The highest BCUT2D eigenvalue weighted by Gasteiger charge is 2.03. The van der Waals surface area contributed by atoms with Crippen LogP contribution in [0.4, 0.5) is 5.69 Å². The second-order valence-electron chi connectivity index (χ2n) is 6.11. The SMILES string of the molecule is O=C(CNc1cccc(Cl)c1)NN=Cc1ccccc1OCc1ccc(Br)cc1. The van der Waals surface area contributed by atoms with Crippen molar-refractivity contribution in [3.8, 4) is 5.75 Å². The monoisotopic (exact) mass is 471 g/mol. The molecule has 0 unspecified atom stereocenters. The van der Waals surface area contributed by atoms with Gasteiger partial charge in [-0.3, -0.25) is 4.79 Å². The number of ether oxygens (including phenoxy) is 1. The fourth-order valence-corrected chi connectivity index (χ4v) is 2.91. The van der Waals surface area contributed by atoms with Crippen molar-refractivity contribution in [3.63, 3.8) is 0 Å². The number of amides is 1. The molecule has 0 radical (unpaired) electrons. The summed E-state index contributed by atoms with van der Waals surface area (Å²) in [6.45, 7) is 0.521. The van der Waals surface area contributed by atoms with Crippen molar-refractivity contribution in [1.82, 2.24) is 5.43 Å². The van der Waals surface area contributed by atoms with Gasteiger partial charge in [0.25, 0.3) is 5.91 Å². The number of hydrogen-bond donors (Lipinski definition) is 2. The van der Waals surface area contributed by atoms with Gasteiger partial charge in [0, 0.05) is 20.7 Å². The molecule has 0 saturated heterocycles. The van der Waals surface area contributed by atoms with E-state index in [4.69, 9.17) is 16.3 Å². The van der Waals surface area contributed by atoms with Crippen LogP contribution in [0.15, 0.2) is 82.4 Å². The van der Waals surface area contributed by atoms with Crippen LogP contribution in [0, 0.1) is 0 Å². The third-order valence-electron chi connectivity index (χ3n) is 3.90. The molecule has 5 nitrogen and oxygen atoms in total. The van der Waals surface area contributed by atoms with E-state index < -0.39 is 0 Å². The molecule has 3 rings (SSSR count). The Bertz CT molecular complexity index is 993. The Labute approximate surface area is 182 Å². The van der Waals surface area contributed by atoms with Crippen LogP contribution in [-0.2, 0) is 11.4 Å². The first-order valence-electron chi connectivity index (χ1n) is 8.88. The minimum absolute atomic E-state index is 0.0827. The number of carbonyl (C=O) groups is 1. The first kappa shape index (κ1) is 20.9. The average molecular weight is 473 g/mol. The highest BCUT2D eigenvalue weighted by molar-refractivity contribution is 9.10. The van der Waals surface area contributed by atoms with E-state index in [1.807, 2.05) is 60.7 Å². The van der Waals surface area contributed by atoms with Crippen molar-refractivity contribution in [2.24, 2.45) is 5.10 Å². The van der Waals surface area contributed by atoms with Crippen molar-refractivity contribution < 1.29 is 9.53 Å². The van der Waals surface area contributed by atoms with Gasteiger partial charge < -0.3 is 10.1 Å². The zero-order valence-corrected chi connectivity index (χ0v) is 17.8. The van der Waals surface area contributed by atoms with Gasteiger partial charge >= 0.3 is 0 Å². The van der Waals surface area contributed by atoms with E-state index in [1.165, 1.54) is 0 Å². The number of anilines is 1. The maximum atomic E-state index is 12.0. The number of hydrazone groups is 1. The largest absolute Gasteiger partial charge is 0.488 e. The second-order valence-corrected chi connectivity index (χ2v) is 7.46. The topological polar surface area (TPSA) is 62.7 Å². The average Bonchev–Trinajstić information content (AvgIpc) is 2.73. The van der Waals surface area contributed by atoms with Gasteiger partial charge in [-0.1, -0.05) is 57.9 Å². The zero-order valence-electron chi connectivity index (χ0n) is 15.4. The van der Waals surface area contributed by atoms with E-state index in [-0.39, 0.29) is 12.5 Å². The van der Waals surface area contributed by atoms with Gasteiger partial charge in [0.05, 0.1) is 12.8 Å². The van der Waals surface area contributed by atoms with Crippen molar-refractivity contribution in [1.29, 1.82) is 0 Å². The normalized spacial score (nSPS) is 10.7. The molecule has 0 atom stereocenters. The Morgan fingerprint density at radius 3 is 2.66 bits per heavy atom. The summed E-state index contributed by atoms with van der Waals surface area (Å²) in [5, 5.41) is 7.62. The van der Waals surface area contributed by atoms with Crippen molar-refractivity contribution in [2.75, 3.05) is 11.9 Å². The van der Waals surface area contributed by atoms with E-state index in [1.54, 1.807) is 18.3 Å². The van der Waals surface area contributed by atoms with Gasteiger partial charge in [-0.25, -0.2) is 5.43 Å².